The van der Waals surface area contributed by atoms with Crippen molar-refractivity contribution < 1.29 is 23.0 Å². The normalized spacial score (nSPS) is 14.7. The van der Waals surface area contributed by atoms with Crippen molar-refractivity contribution in [2.45, 2.75) is 32.5 Å². The zero-order chi connectivity index (χ0) is 21.8. The first kappa shape index (κ1) is 24.1. The third-order valence-corrected chi connectivity index (χ3v) is 5.40. The third-order valence-electron chi connectivity index (χ3n) is 5.40. The SMILES string of the molecule is CN=C(NCc1ccc2c(c1)CCCN2C)NCc1cc2c(cc1OC(F)F)OCO2.I. The smallest absolute Gasteiger partial charge is 0.387 e. The van der Waals surface area contributed by atoms with Crippen LogP contribution in [0.2, 0.25) is 0 Å². The largest absolute Gasteiger partial charge is 0.454 e. The maximum atomic E-state index is 12.8. The summed E-state index contributed by atoms with van der Waals surface area (Å²) in [6.07, 6.45) is 2.24. The Balaban J connectivity index is 0.00000289. The van der Waals surface area contributed by atoms with E-state index in [1.807, 2.05) is 0 Å². The van der Waals surface area contributed by atoms with E-state index in [1.54, 1.807) is 13.1 Å². The molecule has 0 bridgehead atoms. The number of halogens is 3. The van der Waals surface area contributed by atoms with Gasteiger partial charge in [0, 0.05) is 51.0 Å². The number of nitrogens with zero attached hydrogens (tertiary/aromatic N) is 2. The number of hydrogen-bond donors (Lipinski definition) is 2. The Morgan fingerprint density at radius 1 is 1.16 bits per heavy atom. The number of alkyl halides is 2. The van der Waals surface area contributed by atoms with Crippen molar-refractivity contribution >= 4 is 35.6 Å². The standard InChI is InChI=1S/C22H26F2N4O3.HI/c1-25-22(26-11-14-5-6-17-15(8-14)4-3-7-28(17)2)27-12-16-9-19-20(30-13-29-19)10-18(16)31-21(23)24;/h5-6,8-10,21H,3-4,7,11-13H2,1-2H3,(H2,25,26,27);1H. The van der Waals surface area contributed by atoms with Crippen molar-refractivity contribution in [3.05, 3.63) is 47.0 Å². The minimum Gasteiger partial charge on any atom is -0.454 e. The van der Waals surface area contributed by atoms with Gasteiger partial charge in [-0.1, -0.05) is 12.1 Å². The lowest BCUT2D eigenvalue weighted by molar-refractivity contribution is -0.0505. The molecule has 10 heteroatoms. The van der Waals surface area contributed by atoms with Crippen LogP contribution in [0.25, 0.3) is 0 Å². The molecule has 0 aromatic heterocycles. The fourth-order valence-corrected chi connectivity index (χ4v) is 3.84. The van der Waals surface area contributed by atoms with Gasteiger partial charge in [-0.2, -0.15) is 8.78 Å². The number of rotatable bonds is 6. The molecule has 0 atom stereocenters. The predicted molar refractivity (Wildman–Crippen MR) is 130 cm³/mol. The fraction of sp³-hybridized carbons (Fsp3) is 0.409. The lowest BCUT2D eigenvalue weighted by atomic mass is 9.99. The molecular formula is C22H27F2IN4O3. The van der Waals surface area contributed by atoms with Crippen LogP contribution in [0.5, 0.6) is 17.2 Å². The summed E-state index contributed by atoms with van der Waals surface area (Å²) in [5.41, 5.74) is 4.31. The summed E-state index contributed by atoms with van der Waals surface area (Å²) < 4.78 is 40.9. The van der Waals surface area contributed by atoms with Crippen molar-refractivity contribution in [1.82, 2.24) is 10.6 Å². The van der Waals surface area contributed by atoms with Crippen molar-refractivity contribution in [3.8, 4) is 17.2 Å². The predicted octanol–water partition coefficient (Wildman–Crippen LogP) is 3.88. The zero-order valence-corrected chi connectivity index (χ0v) is 20.3. The summed E-state index contributed by atoms with van der Waals surface area (Å²) in [5, 5.41) is 6.41. The Bertz CT molecular complexity index is 974. The molecule has 2 aromatic carbocycles. The average Bonchev–Trinajstić information content (AvgIpc) is 3.20. The molecule has 0 spiro atoms. The van der Waals surface area contributed by atoms with E-state index >= 15 is 0 Å². The van der Waals surface area contributed by atoms with Crippen LogP contribution in [0, 0.1) is 0 Å². The highest BCUT2D eigenvalue weighted by Gasteiger charge is 2.20. The first-order chi connectivity index (χ1) is 15.0. The van der Waals surface area contributed by atoms with Gasteiger partial charge in [0.2, 0.25) is 6.79 Å². The van der Waals surface area contributed by atoms with Gasteiger partial charge >= 0.3 is 6.61 Å². The van der Waals surface area contributed by atoms with Crippen LogP contribution in [0.4, 0.5) is 14.5 Å². The van der Waals surface area contributed by atoms with Gasteiger partial charge in [-0.25, -0.2) is 0 Å². The van der Waals surface area contributed by atoms with Gasteiger partial charge in [-0.15, -0.1) is 24.0 Å². The maximum Gasteiger partial charge on any atom is 0.387 e. The Kier molecular flexibility index (Phi) is 8.21. The van der Waals surface area contributed by atoms with Crippen molar-refractivity contribution in [1.29, 1.82) is 0 Å². The second-order valence-corrected chi connectivity index (χ2v) is 7.46. The summed E-state index contributed by atoms with van der Waals surface area (Å²) in [4.78, 5) is 6.50. The molecule has 7 nitrogen and oxygen atoms in total. The molecule has 2 heterocycles. The second-order valence-electron chi connectivity index (χ2n) is 7.46. The molecule has 0 saturated carbocycles. The molecule has 2 N–H and O–H groups in total. The van der Waals surface area contributed by atoms with Crippen molar-refractivity contribution in [3.63, 3.8) is 0 Å². The first-order valence-electron chi connectivity index (χ1n) is 10.2. The van der Waals surface area contributed by atoms with E-state index in [1.165, 1.54) is 17.3 Å². The number of benzene rings is 2. The molecule has 0 radical (unpaired) electrons. The van der Waals surface area contributed by atoms with E-state index in [4.69, 9.17) is 9.47 Å². The second kappa shape index (κ2) is 10.9. The molecule has 0 fully saturated rings. The van der Waals surface area contributed by atoms with Gasteiger partial charge in [-0.05, 0) is 36.1 Å². The average molecular weight is 560 g/mol. The van der Waals surface area contributed by atoms with Crippen molar-refractivity contribution in [2.75, 3.05) is 32.3 Å². The van der Waals surface area contributed by atoms with Crippen LogP contribution in [-0.2, 0) is 19.5 Å². The van der Waals surface area contributed by atoms with E-state index in [2.05, 4.69) is 50.5 Å². The summed E-state index contributed by atoms with van der Waals surface area (Å²) in [6, 6.07) is 9.54. The van der Waals surface area contributed by atoms with Gasteiger partial charge in [0.1, 0.15) is 5.75 Å². The van der Waals surface area contributed by atoms with Gasteiger partial charge < -0.3 is 29.7 Å². The molecule has 0 amide bonds. The molecule has 4 rings (SSSR count). The van der Waals surface area contributed by atoms with E-state index in [0.717, 1.165) is 24.9 Å². The number of anilines is 1. The number of aryl methyl sites for hydroxylation is 1. The topological polar surface area (TPSA) is 67.4 Å². The van der Waals surface area contributed by atoms with Crippen molar-refractivity contribution in [2.24, 2.45) is 4.99 Å². The number of ether oxygens (including phenoxy) is 3. The van der Waals surface area contributed by atoms with Crippen LogP contribution in [-0.4, -0.2) is 40.0 Å². The number of fused-ring (bicyclic) bond motifs is 2. The summed E-state index contributed by atoms with van der Waals surface area (Å²) in [7, 11) is 3.77. The first-order valence-corrected chi connectivity index (χ1v) is 10.2. The van der Waals surface area contributed by atoms with Crippen LogP contribution in [0.3, 0.4) is 0 Å². The van der Waals surface area contributed by atoms with Crippen LogP contribution < -0.4 is 29.7 Å². The molecule has 0 aliphatic carbocycles. The summed E-state index contributed by atoms with van der Waals surface area (Å²) in [6.45, 7) is -0.969. The highest BCUT2D eigenvalue weighted by Crippen LogP contribution is 2.38. The summed E-state index contributed by atoms with van der Waals surface area (Å²) in [5.74, 6) is 1.48. The molecule has 2 aliphatic heterocycles. The molecule has 2 aliphatic rings. The lowest BCUT2D eigenvalue weighted by Crippen LogP contribution is -2.36. The van der Waals surface area contributed by atoms with Crippen LogP contribution in [0.15, 0.2) is 35.3 Å². The number of hydrogen-bond acceptors (Lipinski definition) is 5. The van der Waals surface area contributed by atoms with E-state index < -0.39 is 6.61 Å². The van der Waals surface area contributed by atoms with Crippen LogP contribution in [0.1, 0.15) is 23.1 Å². The van der Waals surface area contributed by atoms with Gasteiger partial charge in [-0.3, -0.25) is 4.99 Å². The monoisotopic (exact) mass is 560 g/mol. The molecule has 2 aromatic rings. The Labute approximate surface area is 203 Å². The maximum absolute atomic E-state index is 12.8. The Morgan fingerprint density at radius 3 is 2.66 bits per heavy atom. The molecule has 0 unspecified atom stereocenters. The van der Waals surface area contributed by atoms with E-state index in [0.29, 0.717) is 29.6 Å². The van der Waals surface area contributed by atoms with Crippen LogP contribution >= 0.6 is 24.0 Å². The molecular weight excluding hydrogens is 533 g/mol. The molecule has 0 saturated heterocycles. The minimum atomic E-state index is -2.93. The Morgan fingerprint density at radius 2 is 1.91 bits per heavy atom. The fourth-order valence-electron chi connectivity index (χ4n) is 3.84. The Hall–Kier alpha value is -2.50. The molecule has 174 valence electrons. The highest BCUT2D eigenvalue weighted by molar-refractivity contribution is 14.0. The van der Waals surface area contributed by atoms with Gasteiger partial charge in [0.05, 0.1) is 0 Å². The number of guanidine groups is 1. The molecule has 32 heavy (non-hydrogen) atoms. The zero-order valence-electron chi connectivity index (χ0n) is 18.0. The van der Waals surface area contributed by atoms with Gasteiger partial charge in [0.15, 0.2) is 17.5 Å². The number of aliphatic imine (C=N–C) groups is 1. The van der Waals surface area contributed by atoms with Gasteiger partial charge in [0.25, 0.3) is 0 Å². The lowest BCUT2D eigenvalue weighted by Gasteiger charge is -2.28. The minimum absolute atomic E-state index is 0. The third kappa shape index (κ3) is 5.64. The van der Waals surface area contributed by atoms with E-state index in [-0.39, 0.29) is 43.1 Å². The number of nitrogens with one attached hydrogen (secondary N) is 2. The van der Waals surface area contributed by atoms with E-state index in [9.17, 15) is 8.78 Å². The quantitative estimate of drug-likeness (QED) is 0.318. The summed E-state index contributed by atoms with van der Waals surface area (Å²) >= 11 is 0. The highest BCUT2D eigenvalue weighted by atomic mass is 127.